The molecule has 21 heavy (non-hydrogen) atoms. The molecule has 3 rings (SSSR count). The van der Waals surface area contributed by atoms with Crippen LogP contribution in [0.15, 0.2) is 42.7 Å². The Morgan fingerprint density at radius 1 is 1.29 bits per heavy atom. The molecule has 0 bridgehead atoms. The molecule has 0 amide bonds. The molecule has 4 heteroatoms. The predicted molar refractivity (Wildman–Crippen MR) is 84.6 cm³/mol. The average molecular weight is 284 g/mol. The summed E-state index contributed by atoms with van der Waals surface area (Å²) in [4.78, 5) is 0. The quantitative estimate of drug-likeness (QED) is 0.655. The summed E-state index contributed by atoms with van der Waals surface area (Å²) in [5, 5.41) is 4.42. The van der Waals surface area contributed by atoms with Crippen molar-refractivity contribution in [2.45, 2.75) is 50.6 Å². The number of hydrogen-bond donors (Lipinski definition) is 2. The number of hydrogen-bond acceptors (Lipinski definition) is 3. The van der Waals surface area contributed by atoms with Gasteiger partial charge in [0.1, 0.15) is 0 Å². The molecule has 0 aliphatic heterocycles. The molecule has 1 aliphatic rings. The van der Waals surface area contributed by atoms with Crippen LogP contribution in [-0.4, -0.2) is 9.78 Å². The zero-order chi connectivity index (χ0) is 14.7. The van der Waals surface area contributed by atoms with Gasteiger partial charge in [-0.05, 0) is 25.3 Å². The molecule has 112 valence electrons. The average Bonchev–Trinajstić information content (AvgIpc) is 3.19. The SMILES string of the molecule is CCn1cc(C(NN)C2(c3ccccc3)CCCC2)cn1. The Labute approximate surface area is 126 Å². The zero-order valence-corrected chi connectivity index (χ0v) is 12.6. The molecule has 4 nitrogen and oxygen atoms in total. The summed E-state index contributed by atoms with van der Waals surface area (Å²) in [7, 11) is 0. The summed E-state index contributed by atoms with van der Waals surface area (Å²) in [6, 6.07) is 10.9. The fourth-order valence-corrected chi connectivity index (χ4v) is 3.80. The van der Waals surface area contributed by atoms with Crippen LogP contribution in [0.5, 0.6) is 0 Å². The van der Waals surface area contributed by atoms with Crippen molar-refractivity contribution in [2.75, 3.05) is 0 Å². The van der Waals surface area contributed by atoms with Gasteiger partial charge < -0.3 is 0 Å². The van der Waals surface area contributed by atoms with E-state index >= 15 is 0 Å². The van der Waals surface area contributed by atoms with Gasteiger partial charge in [-0.3, -0.25) is 16.0 Å². The first-order valence-corrected chi connectivity index (χ1v) is 7.84. The van der Waals surface area contributed by atoms with Gasteiger partial charge in [0.25, 0.3) is 0 Å². The van der Waals surface area contributed by atoms with Crippen molar-refractivity contribution >= 4 is 0 Å². The van der Waals surface area contributed by atoms with Gasteiger partial charge in [0.05, 0.1) is 12.2 Å². The molecule has 2 aromatic rings. The number of rotatable bonds is 5. The van der Waals surface area contributed by atoms with Gasteiger partial charge in [-0.2, -0.15) is 5.10 Å². The molecular formula is C17H24N4. The maximum absolute atomic E-state index is 5.97. The number of aryl methyl sites for hydroxylation is 1. The normalized spacial score (nSPS) is 18.8. The highest BCUT2D eigenvalue weighted by atomic mass is 15.3. The van der Waals surface area contributed by atoms with Crippen molar-refractivity contribution in [2.24, 2.45) is 5.84 Å². The fraction of sp³-hybridized carbons (Fsp3) is 0.471. The lowest BCUT2D eigenvalue weighted by atomic mass is 9.71. The standard InChI is InChI=1S/C17H24N4/c1-2-21-13-14(12-19-21)16(20-18)17(10-6-7-11-17)15-8-4-3-5-9-15/h3-5,8-9,12-13,16,20H,2,6-7,10-11,18H2,1H3. The van der Waals surface area contributed by atoms with Gasteiger partial charge in [0.15, 0.2) is 0 Å². The minimum Gasteiger partial charge on any atom is -0.273 e. The van der Waals surface area contributed by atoms with Crippen LogP contribution in [0, 0.1) is 0 Å². The smallest absolute Gasteiger partial charge is 0.0587 e. The highest BCUT2D eigenvalue weighted by Gasteiger charge is 2.43. The van der Waals surface area contributed by atoms with E-state index in [0.717, 1.165) is 6.54 Å². The van der Waals surface area contributed by atoms with Crippen LogP contribution in [0.2, 0.25) is 0 Å². The molecule has 1 aliphatic carbocycles. The van der Waals surface area contributed by atoms with E-state index in [4.69, 9.17) is 5.84 Å². The fourth-order valence-electron chi connectivity index (χ4n) is 3.80. The minimum atomic E-state index is 0.0810. The van der Waals surface area contributed by atoms with Gasteiger partial charge in [0, 0.05) is 23.7 Å². The molecule has 3 N–H and O–H groups in total. The molecule has 1 aromatic carbocycles. The molecule has 1 saturated carbocycles. The van der Waals surface area contributed by atoms with Gasteiger partial charge in [-0.15, -0.1) is 0 Å². The number of nitrogens with zero attached hydrogens (tertiary/aromatic N) is 2. The summed E-state index contributed by atoms with van der Waals surface area (Å²) in [6.07, 6.45) is 8.93. The summed E-state index contributed by atoms with van der Waals surface area (Å²) in [5.41, 5.74) is 5.73. The highest BCUT2D eigenvalue weighted by molar-refractivity contribution is 5.33. The van der Waals surface area contributed by atoms with Crippen molar-refractivity contribution in [3.63, 3.8) is 0 Å². The molecule has 1 fully saturated rings. The molecule has 0 saturated heterocycles. The van der Waals surface area contributed by atoms with Crippen molar-refractivity contribution in [1.82, 2.24) is 15.2 Å². The van der Waals surface area contributed by atoms with Gasteiger partial charge in [0.2, 0.25) is 0 Å². The van der Waals surface area contributed by atoms with Crippen molar-refractivity contribution in [3.05, 3.63) is 53.9 Å². The Morgan fingerprint density at radius 3 is 2.57 bits per heavy atom. The topological polar surface area (TPSA) is 55.9 Å². The Balaban J connectivity index is 2.02. The van der Waals surface area contributed by atoms with Gasteiger partial charge in [-0.25, -0.2) is 0 Å². The third-order valence-electron chi connectivity index (χ3n) is 4.87. The first kappa shape index (κ1) is 14.3. The van der Waals surface area contributed by atoms with Crippen molar-refractivity contribution in [3.8, 4) is 0 Å². The lowest BCUT2D eigenvalue weighted by molar-refractivity contribution is 0.303. The molecule has 0 spiro atoms. The third-order valence-corrected chi connectivity index (χ3v) is 4.87. The molecule has 1 aromatic heterocycles. The third kappa shape index (κ3) is 2.49. The second-order valence-corrected chi connectivity index (χ2v) is 5.96. The Hall–Kier alpha value is -1.65. The summed E-state index contributed by atoms with van der Waals surface area (Å²) in [5.74, 6) is 5.97. The zero-order valence-electron chi connectivity index (χ0n) is 12.6. The highest BCUT2D eigenvalue weighted by Crippen LogP contribution is 2.49. The van der Waals surface area contributed by atoms with Crippen molar-refractivity contribution < 1.29 is 0 Å². The largest absolute Gasteiger partial charge is 0.273 e. The van der Waals surface area contributed by atoms with Gasteiger partial charge in [-0.1, -0.05) is 43.2 Å². The van der Waals surface area contributed by atoms with E-state index in [9.17, 15) is 0 Å². The molecule has 1 heterocycles. The van der Waals surface area contributed by atoms with E-state index < -0.39 is 0 Å². The number of benzene rings is 1. The lowest BCUT2D eigenvalue weighted by Gasteiger charge is -2.37. The summed E-state index contributed by atoms with van der Waals surface area (Å²) in [6.45, 7) is 2.99. The van der Waals surface area contributed by atoms with E-state index in [1.165, 1.54) is 36.8 Å². The molecule has 1 unspecified atom stereocenters. The first-order chi connectivity index (χ1) is 10.3. The van der Waals surface area contributed by atoms with Crippen molar-refractivity contribution in [1.29, 1.82) is 0 Å². The maximum Gasteiger partial charge on any atom is 0.0587 e. The number of hydrazine groups is 1. The number of nitrogens with two attached hydrogens (primary N) is 1. The minimum absolute atomic E-state index is 0.0810. The van der Waals surface area contributed by atoms with Crippen LogP contribution in [0.1, 0.15) is 49.8 Å². The number of aromatic nitrogens is 2. The first-order valence-electron chi connectivity index (χ1n) is 7.84. The van der Waals surface area contributed by atoms with Crippen LogP contribution in [0.4, 0.5) is 0 Å². The monoisotopic (exact) mass is 284 g/mol. The van der Waals surface area contributed by atoms with E-state index in [1.807, 2.05) is 10.9 Å². The van der Waals surface area contributed by atoms with E-state index in [-0.39, 0.29) is 11.5 Å². The molecular weight excluding hydrogens is 260 g/mol. The van der Waals surface area contributed by atoms with E-state index in [0.29, 0.717) is 0 Å². The van der Waals surface area contributed by atoms with Gasteiger partial charge >= 0.3 is 0 Å². The van der Waals surface area contributed by atoms with Crippen LogP contribution in [0.3, 0.4) is 0 Å². The lowest BCUT2D eigenvalue weighted by Crippen LogP contribution is -2.43. The summed E-state index contributed by atoms with van der Waals surface area (Å²) >= 11 is 0. The summed E-state index contributed by atoms with van der Waals surface area (Å²) < 4.78 is 1.97. The predicted octanol–water partition coefficient (Wildman–Crippen LogP) is 2.92. The second kappa shape index (κ2) is 6.00. The number of nitrogens with one attached hydrogen (secondary N) is 1. The maximum atomic E-state index is 5.97. The molecule has 1 atom stereocenters. The van der Waals surface area contributed by atoms with E-state index in [2.05, 4.69) is 54.0 Å². The Morgan fingerprint density at radius 2 is 2.00 bits per heavy atom. The van der Waals surface area contributed by atoms with Crippen LogP contribution >= 0.6 is 0 Å². The van der Waals surface area contributed by atoms with Crippen LogP contribution in [-0.2, 0) is 12.0 Å². The Kier molecular flexibility index (Phi) is 4.08. The van der Waals surface area contributed by atoms with E-state index in [1.54, 1.807) is 0 Å². The molecule has 0 radical (unpaired) electrons. The van der Waals surface area contributed by atoms with Crippen LogP contribution < -0.4 is 11.3 Å². The van der Waals surface area contributed by atoms with Crippen LogP contribution in [0.25, 0.3) is 0 Å². The second-order valence-electron chi connectivity index (χ2n) is 5.96. The Bertz CT molecular complexity index is 569.